The highest BCUT2D eigenvalue weighted by atomic mass is 16.1. The van der Waals surface area contributed by atoms with E-state index in [4.69, 9.17) is 4.98 Å². The average Bonchev–Trinajstić information content (AvgIpc) is 3.29. The van der Waals surface area contributed by atoms with E-state index in [1.807, 2.05) is 42.8 Å². The highest BCUT2D eigenvalue weighted by Crippen LogP contribution is 2.19. The van der Waals surface area contributed by atoms with Crippen LogP contribution in [-0.2, 0) is 12.8 Å². The van der Waals surface area contributed by atoms with Crippen molar-refractivity contribution in [2.24, 2.45) is 0 Å². The minimum absolute atomic E-state index is 0.0411. The van der Waals surface area contributed by atoms with Crippen LogP contribution in [0.15, 0.2) is 47.9 Å². The average molecular weight is 334 g/mol. The van der Waals surface area contributed by atoms with Crippen LogP contribution in [-0.4, -0.2) is 29.1 Å². The van der Waals surface area contributed by atoms with Crippen LogP contribution in [0.1, 0.15) is 25.1 Å². The zero-order valence-corrected chi connectivity index (χ0v) is 14.1. The van der Waals surface area contributed by atoms with Crippen LogP contribution < -0.4 is 5.56 Å². The second-order valence-corrected chi connectivity index (χ2v) is 5.75. The van der Waals surface area contributed by atoms with Gasteiger partial charge >= 0.3 is 0 Å². The summed E-state index contributed by atoms with van der Waals surface area (Å²) in [6, 6.07) is 5.70. The van der Waals surface area contributed by atoms with Crippen molar-refractivity contribution >= 4 is 5.65 Å². The van der Waals surface area contributed by atoms with Crippen LogP contribution in [0.3, 0.4) is 0 Å². The van der Waals surface area contributed by atoms with Crippen LogP contribution in [0.2, 0.25) is 0 Å². The monoisotopic (exact) mass is 334 g/mol. The number of H-pyrrole nitrogens is 1. The molecule has 0 amide bonds. The lowest BCUT2D eigenvalue weighted by Gasteiger charge is -2.06. The van der Waals surface area contributed by atoms with Gasteiger partial charge in [0.15, 0.2) is 5.65 Å². The minimum Gasteiger partial charge on any atom is -0.301 e. The third kappa shape index (κ3) is 2.44. The van der Waals surface area contributed by atoms with Gasteiger partial charge in [-0.2, -0.15) is 4.52 Å². The molecule has 1 N–H and O–H groups in total. The molecule has 0 spiro atoms. The van der Waals surface area contributed by atoms with Crippen molar-refractivity contribution in [3.05, 3.63) is 64.7 Å². The number of imidazole rings is 1. The molecule has 0 unspecified atom stereocenters. The van der Waals surface area contributed by atoms with E-state index < -0.39 is 0 Å². The van der Waals surface area contributed by atoms with E-state index >= 15 is 0 Å². The van der Waals surface area contributed by atoms with Gasteiger partial charge in [-0.25, -0.2) is 9.97 Å². The van der Waals surface area contributed by atoms with Crippen molar-refractivity contribution in [2.75, 3.05) is 0 Å². The third-order valence-electron chi connectivity index (χ3n) is 4.30. The highest BCUT2D eigenvalue weighted by Gasteiger charge is 2.15. The van der Waals surface area contributed by atoms with Crippen molar-refractivity contribution in [3.8, 4) is 17.1 Å². The van der Waals surface area contributed by atoms with Crippen LogP contribution in [0.25, 0.3) is 22.7 Å². The molecule has 25 heavy (non-hydrogen) atoms. The fourth-order valence-corrected chi connectivity index (χ4v) is 3.02. The van der Waals surface area contributed by atoms with Crippen molar-refractivity contribution in [3.63, 3.8) is 0 Å². The normalized spacial score (nSPS) is 11.3. The first kappa shape index (κ1) is 15.3. The summed E-state index contributed by atoms with van der Waals surface area (Å²) in [6.45, 7) is 3.99. The highest BCUT2D eigenvalue weighted by molar-refractivity contribution is 5.61. The Hall–Kier alpha value is -3.22. The summed E-state index contributed by atoms with van der Waals surface area (Å²) < 4.78 is 3.35. The van der Waals surface area contributed by atoms with Gasteiger partial charge in [-0.1, -0.05) is 19.9 Å². The van der Waals surface area contributed by atoms with Gasteiger partial charge in [0.25, 0.3) is 5.56 Å². The molecule has 0 saturated heterocycles. The Bertz CT molecular complexity index is 1090. The van der Waals surface area contributed by atoms with Crippen molar-refractivity contribution in [2.45, 2.75) is 26.7 Å². The zero-order chi connectivity index (χ0) is 17.4. The number of nitrogens with zero attached hydrogens (tertiary/aromatic N) is 5. The van der Waals surface area contributed by atoms with Gasteiger partial charge in [0.2, 0.25) is 0 Å². The topological polar surface area (TPSA) is 80.9 Å². The fraction of sp³-hybridized carbons (Fsp3) is 0.222. The Morgan fingerprint density at radius 3 is 2.72 bits per heavy atom. The number of nitrogens with one attached hydrogen (secondary N) is 1. The van der Waals surface area contributed by atoms with E-state index in [-0.39, 0.29) is 5.56 Å². The lowest BCUT2D eigenvalue weighted by atomic mass is 10.1. The number of rotatable bonds is 4. The number of aromatic amines is 1. The summed E-state index contributed by atoms with van der Waals surface area (Å²) in [5.41, 5.74) is 4.51. The van der Waals surface area contributed by atoms with E-state index in [0.29, 0.717) is 12.1 Å². The molecule has 4 rings (SSSR count). The maximum atomic E-state index is 12.7. The summed E-state index contributed by atoms with van der Waals surface area (Å²) in [5.74, 6) is 0. The Morgan fingerprint density at radius 1 is 1.12 bits per heavy atom. The summed E-state index contributed by atoms with van der Waals surface area (Å²) in [4.78, 5) is 26.1. The zero-order valence-electron chi connectivity index (χ0n) is 14.1. The number of pyridine rings is 1. The molecular formula is C18H18N6O. The van der Waals surface area contributed by atoms with Crippen molar-refractivity contribution < 1.29 is 0 Å². The van der Waals surface area contributed by atoms with Gasteiger partial charge in [-0.3, -0.25) is 14.9 Å². The lowest BCUT2D eigenvalue weighted by Crippen LogP contribution is -2.22. The van der Waals surface area contributed by atoms with Gasteiger partial charge in [-0.15, -0.1) is 0 Å². The molecule has 0 aliphatic carbocycles. The standard InChI is InChI=1S/C18H18N6O/c1-3-12-13(4-2)22-17-16(9-21-24(17)18(12)25)23-10-15(20-11-23)14-7-5-6-8-19-14/h5-11,21H,3-4H2,1-2H3. The van der Waals surface area contributed by atoms with Crippen LogP contribution in [0.4, 0.5) is 0 Å². The summed E-state index contributed by atoms with van der Waals surface area (Å²) in [7, 11) is 0. The van der Waals surface area contributed by atoms with E-state index in [1.165, 1.54) is 4.52 Å². The summed E-state index contributed by atoms with van der Waals surface area (Å²) >= 11 is 0. The Labute approximate surface area is 144 Å². The predicted octanol–water partition coefficient (Wildman–Crippen LogP) is 2.40. The Morgan fingerprint density at radius 2 is 2.00 bits per heavy atom. The molecule has 7 heteroatoms. The number of hydrogen-bond acceptors (Lipinski definition) is 4. The molecule has 7 nitrogen and oxygen atoms in total. The van der Waals surface area contributed by atoms with Crippen LogP contribution >= 0.6 is 0 Å². The largest absolute Gasteiger partial charge is 0.301 e. The number of fused-ring (bicyclic) bond motifs is 1. The quantitative estimate of drug-likeness (QED) is 0.621. The minimum atomic E-state index is -0.0411. The first-order valence-corrected chi connectivity index (χ1v) is 8.30. The van der Waals surface area contributed by atoms with E-state index in [1.54, 1.807) is 18.7 Å². The molecule has 0 aromatic carbocycles. The molecule has 0 atom stereocenters. The summed E-state index contributed by atoms with van der Waals surface area (Å²) in [5, 5.41) is 3.01. The predicted molar refractivity (Wildman–Crippen MR) is 94.9 cm³/mol. The van der Waals surface area contributed by atoms with Crippen LogP contribution in [0.5, 0.6) is 0 Å². The second kappa shape index (κ2) is 6.01. The van der Waals surface area contributed by atoms with Gasteiger partial charge < -0.3 is 4.57 Å². The molecule has 0 aliphatic rings. The molecule has 4 heterocycles. The van der Waals surface area contributed by atoms with Crippen molar-refractivity contribution in [1.29, 1.82) is 0 Å². The van der Waals surface area contributed by atoms with Gasteiger partial charge in [-0.05, 0) is 25.0 Å². The fourth-order valence-electron chi connectivity index (χ4n) is 3.02. The van der Waals surface area contributed by atoms with E-state index in [9.17, 15) is 4.79 Å². The third-order valence-corrected chi connectivity index (χ3v) is 4.30. The molecule has 0 fully saturated rings. The molecule has 0 saturated carbocycles. The van der Waals surface area contributed by atoms with Gasteiger partial charge in [0, 0.05) is 24.2 Å². The van der Waals surface area contributed by atoms with Gasteiger partial charge in [0.1, 0.15) is 17.7 Å². The van der Waals surface area contributed by atoms with E-state index in [0.717, 1.165) is 34.8 Å². The number of aryl methyl sites for hydroxylation is 1. The SMILES string of the molecule is CCc1nc2c(-n3cnc(-c4ccccn4)c3)c[nH]n2c(=O)c1CC. The lowest BCUT2D eigenvalue weighted by molar-refractivity contribution is 0.835. The first-order valence-electron chi connectivity index (χ1n) is 8.30. The Balaban J connectivity index is 1.87. The molecule has 126 valence electrons. The second-order valence-electron chi connectivity index (χ2n) is 5.75. The number of hydrogen-bond donors (Lipinski definition) is 1. The summed E-state index contributed by atoms with van der Waals surface area (Å²) in [6.07, 6.45) is 8.49. The maximum Gasteiger partial charge on any atom is 0.276 e. The molecule has 4 aromatic heterocycles. The Kier molecular flexibility index (Phi) is 3.68. The molecule has 0 aliphatic heterocycles. The molecule has 0 radical (unpaired) electrons. The smallest absolute Gasteiger partial charge is 0.276 e. The molecule has 4 aromatic rings. The van der Waals surface area contributed by atoms with Crippen LogP contribution in [0, 0.1) is 0 Å². The first-order chi connectivity index (χ1) is 12.2. The van der Waals surface area contributed by atoms with E-state index in [2.05, 4.69) is 15.1 Å². The van der Waals surface area contributed by atoms with Gasteiger partial charge in [0.05, 0.1) is 11.4 Å². The number of aromatic nitrogens is 6. The molecular weight excluding hydrogens is 316 g/mol. The maximum absolute atomic E-state index is 12.7. The van der Waals surface area contributed by atoms with Crippen molar-refractivity contribution in [1.82, 2.24) is 29.1 Å². The molecule has 0 bridgehead atoms.